The van der Waals surface area contributed by atoms with E-state index in [0.29, 0.717) is 5.92 Å². The molecule has 1 N–H and O–H groups in total. The summed E-state index contributed by atoms with van der Waals surface area (Å²) < 4.78 is 5.40. The van der Waals surface area contributed by atoms with Crippen LogP contribution < -0.4 is 10.2 Å². The molecule has 0 unspecified atom stereocenters. The van der Waals surface area contributed by atoms with Gasteiger partial charge in [0.2, 0.25) is 0 Å². The van der Waals surface area contributed by atoms with Gasteiger partial charge in [0.1, 0.15) is 0 Å². The summed E-state index contributed by atoms with van der Waals surface area (Å²) in [5.74, 6) is 1.46. The molecule has 2 aromatic rings. The van der Waals surface area contributed by atoms with Crippen molar-refractivity contribution in [3.8, 4) is 11.3 Å². The van der Waals surface area contributed by atoms with Crippen LogP contribution in [0.4, 0.5) is 5.69 Å². The van der Waals surface area contributed by atoms with E-state index in [1.165, 1.54) is 5.69 Å². The molecule has 0 aliphatic carbocycles. The molecule has 1 aromatic carbocycles. The van der Waals surface area contributed by atoms with E-state index in [2.05, 4.69) is 53.5 Å². The van der Waals surface area contributed by atoms with Crippen molar-refractivity contribution in [3.63, 3.8) is 0 Å². The number of aromatic nitrogens is 1. The monoisotopic (exact) mass is 273 g/mol. The fourth-order valence-electron chi connectivity index (χ4n) is 1.94. The SMILES string of the molecule is CC(C)CNCc1cc(-c2ccc(N(C)C)cc2)on1. The zero-order chi connectivity index (χ0) is 14.5. The van der Waals surface area contributed by atoms with E-state index in [-0.39, 0.29) is 0 Å². The van der Waals surface area contributed by atoms with Crippen molar-refractivity contribution in [3.05, 3.63) is 36.0 Å². The molecule has 0 atom stereocenters. The van der Waals surface area contributed by atoms with Gasteiger partial charge in [0.25, 0.3) is 0 Å². The molecule has 0 saturated heterocycles. The topological polar surface area (TPSA) is 41.3 Å². The summed E-state index contributed by atoms with van der Waals surface area (Å²) in [7, 11) is 4.06. The maximum Gasteiger partial charge on any atom is 0.167 e. The second-order valence-electron chi connectivity index (χ2n) is 5.65. The first-order valence-electron chi connectivity index (χ1n) is 7.00. The Hall–Kier alpha value is -1.81. The third kappa shape index (κ3) is 3.84. The highest BCUT2D eigenvalue weighted by Gasteiger charge is 2.07. The number of nitrogens with one attached hydrogen (secondary N) is 1. The van der Waals surface area contributed by atoms with Crippen LogP contribution in [0.25, 0.3) is 11.3 Å². The predicted molar refractivity (Wildman–Crippen MR) is 82.8 cm³/mol. The number of nitrogens with zero attached hydrogens (tertiary/aromatic N) is 2. The highest BCUT2D eigenvalue weighted by molar-refractivity contribution is 5.61. The molecule has 0 fully saturated rings. The van der Waals surface area contributed by atoms with Crippen LogP contribution in [0.3, 0.4) is 0 Å². The maximum atomic E-state index is 5.40. The summed E-state index contributed by atoms with van der Waals surface area (Å²) >= 11 is 0. The van der Waals surface area contributed by atoms with Crippen molar-refractivity contribution >= 4 is 5.69 Å². The Morgan fingerprint density at radius 3 is 2.50 bits per heavy atom. The van der Waals surface area contributed by atoms with Crippen molar-refractivity contribution in [1.29, 1.82) is 0 Å². The fourth-order valence-corrected chi connectivity index (χ4v) is 1.94. The molecule has 2 rings (SSSR count). The highest BCUT2D eigenvalue weighted by Crippen LogP contribution is 2.23. The summed E-state index contributed by atoms with van der Waals surface area (Å²) in [5.41, 5.74) is 3.17. The van der Waals surface area contributed by atoms with Gasteiger partial charge in [0.15, 0.2) is 5.76 Å². The van der Waals surface area contributed by atoms with Gasteiger partial charge in [0, 0.05) is 38.0 Å². The van der Waals surface area contributed by atoms with E-state index in [1.807, 2.05) is 20.2 Å². The first-order valence-corrected chi connectivity index (χ1v) is 7.00. The minimum absolute atomic E-state index is 0.639. The fraction of sp³-hybridized carbons (Fsp3) is 0.438. The van der Waals surface area contributed by atoms with Gasteiger partial charge in [-0.05, 0) is 36.7 Å². The molecular formula is C16H23N3O. The second kappa shape index (κ2) is 6.57. The van der Waals surface area contributed by atoms with Crippen LogP contribution in [0.1, 0.15) is 19.5 Å². The van der Waals surface area contributed by atoms with E-state index in [4.69, 9.17) is 4.52 Å². The summed E-state index contributed by atoms with van der Waals surface area (Å²) in [4.78, 5) is 2.07. The molecule has 0 aliphatic rings. The molecule has 0 aliphatic heterocycles. The van der Waals surface area contributed by atoms with Gasteiger partial charge in [-0.25, -0.2) is 0 Å². The molecule has 0 bridgehead atoms. The number of hydrogen-bond donors (Lipinski definition) is 1. The molecule has 0 saturated carbocycles. The maximum absolute atomic E-state index is 5.40. The number of anilines is 1. The zero-order valence-corrected chi connectivity index (χ0v) is 12.7. The molecule has 4 nitrogen and oxygen atoms in total. The van der Waals surface area contributed by atoms with Crippen LogP contribution in [-0.2, 0) is 6.54 Å². The Morgan fingerprint density at radius 2 is 1.90 bits per heavy atom. The Balaban J connectivity index is 2.01. The Morgan fingerprint density at radius 1 is 1.20 bits per heavy atom. The summed E-state index contributed by atoms with van der Waals surface area (Å²) in [6.45, 7) is 6.11. The van der Waals surface area contributed by atoms with Gasteiger partial charge in [0.05, 0.1) is 5.69 Å². The zero-order valence-electron chi connectivity index (χ0n) is 12.7. The summed E-state index contributed by atoms with van der Waals surface area (Å²) in [6, 6.07) is 10.3. The first-order chi connectivity index (χ1) is 9.56. The van der Waals surface area contributed by atoms with Gasteiger partial charge in [-0.15, -0.1) is 0 Å². The van der Waals surface area contributed by atoms with Crippen LogP contribution in [0, 0.1) is 5.92 Å². The highest BCUT2D eigenvalue weighted by atomic mass is 16.5. The van der Waals surface area contributed by atoms with Gasteiger partial charge in [-0.1, -0.05) is 19.0 Å². The summed E-state index contributed by atoms with van der Waals surface area (Å²) in [6.07, 6.45) is 0. The van der Waals surface area contributed by atoms with Gasteiger partial charge < -0.3 is 14.7 Å². The molecule has 4 heteroatoms. The van der Waals surface area contributed by atoms with Gasteiger partial charge in [-0.3, -0.25) is 0 Å². The third-order valence-electron chi connectivity index (χ3n) is 3.09. The van der Waals surface area contributed by atoms with Gasteiger partial charge in [-0.2, -0.15) is 0 Å². The number of rotatable bonds is 6. The van der Waals surface area contributed by atoms with E-state index >= 15 is 0 Å². The van der Waals surface area contributed by atoms with Crippen LogP contribution in [0.2, 0.25) is 0 Å². The van der Waals surface area contributed by atoms with E-state index in [0.717, 1.165) is 30.1 Å². The van der Waals surface area contributed by atoms with E-state index in [1.54, 1.807) is 0 Å². The van der Waals surface area contributed by atoms with Crippen molar-refractivity contribution in [1.82, 2.24) is 10.5 Å². The Bertz CT molecular complexity index is 529. The lowest BCUT2D eigenvalue weighted by Gasteiger charge is -2.11. The summed E-state index contributed by atoms with van der Waals surface area (Å²) in [5, 5.41) is 7.46. The predicted octanol–water partition coefficient (Wildman–Crippen LogP) is 3.15. The van der Waals surface area contributed by atoms with Crippen molar-refractivity contribution < 1.29 is 4.52 Å². The van der Waals surface area contributed by atoms with Crippen LogP contribution in [0.5, 0.6) is 0 Å². The lowest BCUT2D eigenvalue weighted by Crippen LogP contribution is -2.18. The minimum Gasteiger partial charge on any atom is -0.378 e. The quantitative estimate of drug-likeness (QED) is 0.878. The Labute approximate surface area is 120 Å². The van der Waals surface area contributed by atoms with Crippen molar-refractivity contribution in [2.75, 3.05) is 25.5 Å². The third-order valence-corrected chi connectivity index (χ3v) is 3.09. The lowest BCUT2D eigenvalue weighted by atomic mass is 10.1. The second-order valence-corrected chi connectivity index (χ2v) is 5.65. The number of hydrogen-bond acceptors (Lipinski definition) is 4. The van der Waals surface area contributed by atoms with Crippen LogP contribution in [0.15, 0.2) is 34.9 Å². The molecule has 1 aromatic heterocycles. The Kier molecular flexibility index (Phi) is 4.79. The molecule has 0 amide bonds. The molecule has 0 radical (unpaired) electrons. The minimum atomic E-state index is 0.639. The van der Waals surface area contributed by atoms with Crippen LogP contribution in [-0.4, -0.2) is 25.8 Å². The van der Waals surface area contributed by atoms with E-state index < -0.39 is 0 Å². The van der Waals surface area contributed by atoms with Crippen molar-refractivity contribution in [2.45, 2.75) is 20.4 Å². The average Bonchev–Trinajstić information content (AvgIpc) is 2.87. The number of benzene rings is 1. The standard InChI is InChI=1S/C16H23N3O/c1-12(2)10-17-11-14-9-16(20-18-14)13-5-7-15(8-6-13)19(3)4/h5-9,12,17H,10-11H2,1-4H3. The molecule has 0 spiro atoms. The van der Waals surface area contributed by atoms with Crippen LogP contribution >= 0.6 is 0 Å². The molecular weight excluding hydrogens is 250 g/mol. The molecule has 20 heavy (non-hydrogen) atoms. The molecule has 108 valence electrons. The smallest absolute Gasteiger partial charge is 0.167 e. The normalized spacial score (nSPS) is 11.1. The van der Waals surface area contributed by atoms with Gasteiger partial charge >= 0.3 is 0 Å². The molecule has 1 heterocycles. The van der Waals surface area contributed by atoms with Crippen molar-refractivity contribution in [2.24, 2.45) is 5.92 Å². The lowest BCUT2D eigenvalue weighted by molar-refractivity contribution is 0.418. The van der Waals surface area contributed by atoms with E-state index in [9.17, 15) is 0 Å². The first kappa shape index (κ1) is 14.6. The largest absolute Gasteiger partial charge is 0.378 e. The average molecular weight is 273 g/mol.